The van der Waals surface area contributed by atoms with Crippen LogP contribution < -0.4 is 0 Å². The van der Waals surface area contributed by atoms with E-state index in [1.807, 2.05) is 0 Å². The lowest BCUT2D eigenvalue weighted by Gasteiger charge is -2.59. The zero-order chi connectivity index (χ0) is 24.9. The Labute approximate surface area is 194 Å². The Hall–Kier alpha value is -1.97. The molecule has 0 aromatic carbocycles. The van der Waals surface area contributed by atoms with Gasteiger partial charge in [-0.05, 0) is 52.5 Å². The van der Waals surface area contributed by atoms with E-state index in [0.29, 0.717) is 12.8 Å². The van der Waals surface area contributed by atoms with Crippen LogP contribution in [0.15, 0.2) is 11.6 Å². The van der Waals surface area contributed by atoms with Gasteiger partial charge in [-0.3, -0.25) is 14.4 Å². The molecule has 186 valence electrons. The van der Waals surface area contributed by atoms with E-state index in [1.54, 1.807) is 26.8 Å². The van der Waals surface area contributed by atoms with Crippen LogP contribution in [-0.2, 0) is 28.6 Å². The molecule has 1 aliphatic heterocycles. The van der Waals surface area contributed by atoms with Gasteiger partial charge in [0, 0.05) is 25.2 Å². The number of aliphatic hydroxyl groups excluding tert-OH is 1. The highest BCUT2D eigenvalue weighted by molar-refractivity contribution is 5.77. The molecular weight excluding hydrogens is 432 g/mol. The summed E-state index contributed by atoms with van der Waals surface area (Å²) in [7, 11) is 0. The van der Waals surface area contributed by atoms with E-state index in [0.717, 1.165) is 5.57 Å². The van der Waals surface area contributed by atoms with Crippen molar-refractivity contribution in [2.45, 2.75) is 103 Å². The Bertz CT molecular complexity index is 849. The molecule has 0 aromatic rings. The maximum atomic E-state index is 12.6. The van der Waals surface area contributed by atoms with Gasteiger partial charge in [-0.15, -0.1) is 0 Å². The molecule has 3 N–H and O–H groups in total. The minimum atomic E-state index is -2.02. The lowest BCUT2D eigenvalue weighted by molar-refractivity contribution is -0.264. The molecule has 0 amide bonds. The Balaban J connectivity index is 2.33. The number of carbonyl (C=O) groups excluding carboxylic acids is 3. The first-order valence-corrected chi connectivity index (χ1v) is 11.5. The fraction of sp³-hybridized carbons (Fsp3) is 0.792. The van der Waals surface area contributed by atoms with Crippen LogP contribution in [0, 0.1) is 17.3 Å². The third-order valence-corrected chi connectivity index (χ3v) is 8.02. The predicted molar refractivity (Wildman–Crippen MR) is 116 cm³/mol. The Morgan fingerprint density at radius 2 is 1.73 bits per heavy atom. The first-order chi connectivity index (χ1) is 15.2. The van der Waals surface area contributed by atoms with Crippen LogP contribution in [0.5, 0.6) is 0 Å². The van der Waals surface area contributed by atoms with Crippen LogP contribution in [0.4, 0.5) is 0 Å². The highest BCUT2D eigenvalue weighted by Crippen LogP contribution is 2.57. The molecule has 9 atom stereocenters. The molecule has 33 heavy (non-hydrogen) atoms. The average Bonchev–Trinajstić information content (AvgIpc) is 2.90. The second kappa shape index (κ2) is 8.67. The van der Waals surface area contributed by atoms with Crippen molar-refractivity contribution in [3.63, 3.8) is 0 Å². The first-order valence-electron chi connectivity index (χ1n) is 11.5. The van der Waals surface area contributed by atoms with Crippen molar-refractivity contribution in [2.24, 2.45) is 17.3 Å². The maximum Gasteiger partial charge on any atom is 0.312 e. The van der Waals surface area contributed by atoms with Gasteiger partial charge in [0.15, 0.2) is 11.7 Å². The van der Waals surface area contributed by atoms with E-state index in [9.17, 15) is 29.7 Å². The smallest absolute Gasteiger partial charge is 0.312 e. The zero-order valence-corrected chi connectivity index (χ0v) is 20.2. The number of hydrogen-bond donors (Lipinski definition) is 3. The number of rotatable bonds is 2. The molecule has 0 radical (unpaired) electrons. The van der Waals surface area contributed by atoms with Crippen LogP contribution >= 0.6 is 0 Å². The van der Waals surface area contributed by atoms with Gasteiger partial charge in [-0.25, -0.2) is 0 Å². The topological polar surface area (TPSA) is 140 Å². The van der Waals surface area contributed by atoms with Crippen LogP contribution in [0.1, 0.15) is 67.2 Å². The van der Waals surface area contributed by atoms with Crippen molar-refractivity contribution < 1.29 is 43.9 Å². The number of allylic oxidation sites excluding steroid dienone is 1. The molecule has 0 unspecified atom stereocenters. The molecule has 1 saturated carbocycles. The minimum absolute atomic E-state index is 0.151. The van der Waals surface area contributed by atoms with E-state index in [2.05, 4.69) is 0 Å². The van der Waals surface area contributed by atoms with Gasteiger partial charge >= 0.3 is 17.9 Å². The molecule has 0 bridgehead atoms. The van der Waals surface area contributed by atoms with Gasteiger partial charge in [0.25, 0.3) is 0 Å². The van der Waals surface area contributed by atoms with Gasteiger partial charge in [0.1, 0.15) is 12.2 Å². The number of carbonyl (C=O) groups is 3. The summed E-state index contributed by atoms with van der Waals surface area (Å²) in [6.45, 7) is 8.97. The van der Waals surface area contributed by atoms with Gasteiger partial charge in [0.2, 0.25) is 0 Å². The maximum absolute atomic E-state index is 12.6. The standard InChI is InChI=1S/C24H36O9/c1-12-7-8-17(31-14(3)25)23(6)16(27)9-10-22(5,29)19(23)20(32-15(4)26)24(30)13(2)21(28)33-18(24)11-12/h11,13,16-20,27,29-30H,7-10H2,1-6H3/b12-11-/t13-,16-,17-,18-,19-,20-,22-,23+,24-/m0/s1. The Morgan fingerprint density at radius 1 is 1.12 bits per heavy atom. The van der Waals surface area contributed by atoms with Crippen LogP contribution in [-0.4, -0.2) is 68.8 Å². The molecule has 2 fully saturated rings. The minimum Gasteiger partial charge on any atom is -0.462 e. The van der Waals surface area contributed by atoms with Crippen molar-refractivity contribution in [3.05, 3.63) is 11.6 Å². The lowest BCUT2D eigenvalue weighted by Crippen LogP contribution is -2.70. The third-order valence-electron chi connectivity index (χ3n) is 8.02. The zero-order valence-electron chi connectivity index (χ0n) is 20.2. The molecule has 9 heteroatoms. The highest BCUT2D eigenvalue weighted by Gasteiger charge is 2.69. The quantitative estimate of drug-likeness (QED) is 0.312. The fourth-order valence-electron chi connectivity index (χ4n) is 6.18. The fourth-order valence-corrected chi connectivity index (χ4v) is 6.18. The number of aliphatic hydroxyl groups is 3. The monoisotopic (exact) mass is 468 g/mol. The number of hydrogen-bond acceptors (Lipinski definition) is 9. The molecule has 3 aliphatic rings. The van der Waals surface area contributed by atoms with E-state index >= 15 is 0 Å². The summed E-state index contributed by atoms with van der Waals surface area (Å²) < 4.78 is 16.9. The van der Waals surface area contributed by atoms with Crippen LogP contribution in [0.25, 0.3) is 0 Å². The summed E-state index contributed by atoms with van der Waals surface area (Å²) in [5.74, 6) is -4.10. The largest absolute Gasteiger partial charge is 0.462 e. The molecule has 1 saturated heterocycles. The number of esters is 3. The van der Waals surface area contributed by atoms with E-state index < -0.39 is 70.8 Å². The molecule has 0 aromatic heterocycles. The second-order valence-electron chi connectivity index (χ2n) is 10.4. The molecule has 2 aliphatic carbocycles. The summed E-state index contributed by atoms with van der Waals surface area (Å²) in [6.07, 6.45) is -1.69. The van der Waals surface area contributed by atoms with Crippen molar-refractivity contribution >= 4 is 17.9 Å². The second-order valence-corrected chi connectivity index (χ2v) is 10.4. The lowest BCUT2D eigenvalue weighted by atomic mass is 9.52. The van der Waals surface area contributed by atoms with Crippen molar-refractivity contribution in [3.8, 4) is 0 Å². The Kier molecular flexibility index (Phi) is 6.74. The van der Waals surface area contributed by atoms with Gasteiger partial charge in [0.05, 0.1) is 17.6 Å². The summed E-state index contributed by atoms with van der Waals surface area (Å²) >= 11 is 0. The summed E-state index contributed by atoms with van der Waals surface area (Å²) in [5, 5.41) is 35.0. The van der Waals surface area contributed by atoms with Gasteiger partial charge in [-0.2, -0.15) is 0 Å². The van der Waals surface area contributed by atoms with Crippen molar-refractivity contribution in [1.82, 2.24) is 0 Å². The number of ether oxygens (including phenoxy) is 3. The van der Waals surface area contributed by atoms with Crippen LogP contribution in [0.3, 0.4) is 0 Å². The summed E-state index contributed by atoms with van der Waals surface area (Å²) in [4.78, 5) is 36.9. The van der Waals surface area contributed by atoms with E-state index in [1.165, 1.54) is 20.8 Å². The summed E-state index contributed by atoms with van der Waals surface area (Å²) in [6, 6.07) is 0. The highest BCUT2D eigenvalue weighted by atomic mass is 16.6. The average molecular weight is 469 g/mol. The van der Waals surface area contributed by atoms with E-state index in [4.69, 9.17) is 14.2 Å². The third kappa shape index (κ3) is 4.19. The van der Waals surface area contributed by atoms with Crippen LogP contribution in [0.2, 0.25) is 0 Å². The molecule has 9 nitrogen and oxygen atoms in total. The molecular formula is C24H36O9. The molecule has 3 rings (SSSR count). The molecule has 0 spiro atoms. The Morgan fingerprint density at radius 3 is 2.30 bits per heavy atom. The van der Waals surface area contributed by atoms with E-state index in [-0.39, 0.29) is 12.8 Å². The predicted octanol–water partition coefficient (Wildman–Crippen LogP) is 1.41. The summed E-state index contributed by atoms with van der Waals surface area (Å²) in [5.41, 5.74) is -4.08. The van der Waals surface area contributed by atoms with Crippen molar-refractivity contribution in [2.75, 3.05) is 0 Å². The number of fused-ring (bicyclic) bond motifs is 2. The first kappa shape index (κ1) is 25.6. The van der Waals surface area contributed by atoms with Crippen molar-refractivity contribution in [1.29, 1.82) is 0 Å². The van der Waals surface area contributed by atoms with Gasteiger partial charge in [-0.1, -0.05) is 12.5 Å². The SMILES string of the molecule is CC(=O)O[C@H]1CC/C(C)=C\[C@@H]2OC(=O)[C@H](C)[C@@]2(O)[C@@H](OC(C)=O)[C@@H]2[C@]1(C)[C@@H](O)CC[C@]2(C)O. The molecule has 1 heterocycles. The normalized spacial score (nSPS) is 47.3. The van der Waals surface area contributed by atoms with Gasteiger partial charge < -0.3 is 29.5 Å².